The first-order chi connectivity index (χ1) is 15.0. The van der Waals surface area contributed by atoms with Crippen LogP contribution in [0.4, 0.5) is 0 Å². The van der Waals surface area contributed by atoms with Gasteiger partial charge in [-0.05, 0) is 31.3 Å². The lowest BCUT2D eigenvalue weighted by Crippen LogP contribution is -2.37. The quantitative estimate of drug-likeness (QED) is 0.659. The van der Waals surface area contributed by atoms with Gasteiger partial charge in [0, 0.05) is 36.9 Å². The summed E-state index contributed by atoms with van der Waals surface area (Å²) < 4.78 is 6.90. The number of hydrogen-bond acceptors (Lipinski definition) is 7. The summed E-state index contributed by atoms with van der Waals surface area (Å²) >= 11 is 6.02. The van der Waals surface area contributed by atoms with Crippen LogP contribution in [0.25, 0.3) is 11.4 Å². The van der Waals surface area contributed by atoms with Crippen molar-refractivity contribution < 1.29 is 9.53 Å². The fraction of sp³-hybridized carbons (Fsp3) is 0.286. The van der Waals surface area contributed by atoms with E-state index in [9.17, 15) is 9.59 Å². The number of methoxy groups -OCH3 is 1. The summed E-state index contributed by atoms with van der Waals surface area (Å²) in [7, 11) is 3.41. The van der Waals surface area contributed by atoms with Crippen molar-refractivity contribution in [2.24, 2.45) is 0 Å². The van der Waals surface area contributed by atoms with E-state index in [2.05, 4.69) is 15.3 Å². The molecule has 0 radical (unpaired) electrons. The molecule has 0 bridgehead atoms. The van der Waals surface area contributed by atoms with Crippen LogP contribution in [0.3, 0.4) is 0 Å². The van der Waals surface area contributed by atoms with Gasteiger partial charge in [0.15, 0.2) is 0 Å². The molecule has 1 amide bonds. The number of carbonyl (C=O) groups excluding carboxylic acids is 1. The van der Waals surface area contributed by atoms with Crippen LogP contribution >= 0.6 is 11.6 Å². The summed E-state index contributed by atoms with van der Waals surface area (Å²) in [4.78, 5) is 40.8. The van der Waals surface area contributed by atoms with Gasteiger partial charge in [-0.15, -0.1) is 0 Å². The highest BCUT2D eigenvalue weighted by atomic mass is 35.5. The number of halogens is 1. The first-order valence-corrected chi connectivity index (χ1v) is 10.0. The van der Waals surface area contributed by atoms with Crippen molar-refractivity contribution in [2.75, 3.05) is 27.2 Å². The van der Waals surface area contributed by atoms with Gasteiger partial charge in [-0.1, -0.05) is 11.6 Å². The zero-order valence-electron chi connectivity index (χ0n) is 17.1. The molecule has 0 fully saturated rings. The average molecular weight is 441 g/mol. The summed E-state index contributed by atoms with van der Waals surface area (Å²) in [5.74, 6) is 0.501. The van der Waals surface area contributed by atoms with E-state index in [0.717, 1.165) is 0 Å². The lowest BCUT2D eigenvalue weighted by molar-refractivity contribution is 0.0924. The molecule has 31 heavy (non-hydrogen) atoms. The minimum Gasteiger partial charge on any atom is -0.496 e. The summed E-state index contributed by atoms with van der Waals surface area (Å²) in [5, 5.41) is 3.47. The van der Waals surface area contributed by atoms with Gasteiger partial charge in [0.1, 0.15) is 23.9 Å². The van der Waals surface area contributed by atoms with E-state index in [4.69, 9.17) is 21.3 Å². The summed E-state index contributed by atoms with van der Waals surface area (Å²) in [6.45, 7) is 1.61. The number of hydrogen-bond donors (Lipinski definition) is 1. The Morgan fingerprint density at radius 1 is 1.23 bits per heavy atom. The maximum absolute atomic E-state index is 13.1. The Morgan fingerprint density at radius 2 is 2.06 bits per heavy atom. The molecular formula is C21H21ClN6O3. The highest BCUT2D eigenvalue weighted by Gasteiger charge is 2.27. The monoisotopic (exact) mass is 440 g/mol. The fourth-order valence-corrected chi connectivity index (χ4v) is 3.70. The molecule has 3 heterocycles. The van der Waals surface area contributed by atoms with Crippen LogP contribution in [-0.2, 0) is 6.54 Å². The molecule has 0 saturated carbocycles. The highest BCUT2D eigenvalue weighted by Crippen LogP contribution is 2.25. The second-order valence-corrected chi connectivity index (χ2v) is 7.65. The molecule has 3 aromatic rings. The molecule has 0 spiro atoms. The number of amides is 1. The van der Waals surface area contributed by atoms with Crippen molar-refractivity contribution in [1.29, 1.82) is 0 Å². The molecule has 1 atom stereocenters. The van der Waals surface area contributed by atoms with E-state index in [-0.39, 0.29) is 11.5 Å². The van der Waals surface area contributed by atoms with E-state index < -0.39 is 6.04 Å². The molecule has 0 aliphatic carbocycles. The number of nitrogens with one attached hydrogen (secondary N) is 1. The Hall–Kier alpha value is -3.30. The van der Waals surface area contributed by atoms with Gasteiger partial charge in [-0.2, -0.15) is 0 Å². The Labute approximate surface area is 183 Å². The average Bonchev–Trinajstić information content (AvgIpc) is 2.93. The van der Waals surface area contributed by atoms with Crippen LogP contribution in [0.1, 0.15) is 22.2 Å². The topological polar surface area (TPSA) is 102 Å². The van der Waals surface area contributed by atoms with Gasteiger partial charge in [0.2, 0.25) is 0 Å². The predicted molar refractivity (Wildman–Crippen MR) is 115 cm³/mol. The third-order valence-electron chi connectivity index (χ3n) is 5.11. The molecule has 10 heteroatoms. The second-order valence-electron chi connectivity index (χ2n) is 7.22. The van der Waals surface area contributed by atoms with Crippen LogP contribution < -0.4 is 15.6 Å². The van der Waals surface area contributed by atoms with Crippen molar-refractivity contribution in [1.82, 2.24) is 29.7 Å². The SMILES string of the molecule is COc1cc(Cl)ccc1C(=O)NC1CN(C)CCn2c1nc(-c1ccncn1)cc2=O. The number of nitrogens with zero attached hydrogens (tertiary/aromatic N) is 5. The smallest absolute Gasteiger partial charge is 0.255 e. The number of benzene rings is 1. The molecule has 1 unspecified atom stereocenters. The molecule has 1 aromatic carbocycles. The van der Waals surface area contributed by atoms with Gasteiger partial charge >= 0.3 is 0 Å². The van der Waals surface area contributed by atoms with Gasteiger partial charge in [0.25, 0.3) is 11.5 Å². The zero-order chi connectivity index (χ0) is 22.0. The fourth-order valence-electron chi connectivity index (χ4n) is 3.54. The summed E-state index contributed by atoms with van der Waals surface area (Å²) in [6, 6.07) is 7.44. The van der Waals surface area contributed by atoms with E-state index >= 15 is 0 Å². The molecule has 160 valence electrons. The van der Waals surface area contributed by atoms with Crippen LogP contribution in [0.15, 0.2) is 47.7 Å². The summed E-state index contributed by atoms with van der Waals surface area (Å²) in [6.07, 6.45) is 2.99. The molecular weight excluding hydrogens is 420 g/mol. The lowest BCUT2D eigenvalue weighted by atomic mass is 10.1. The Balaban J connectivity index is 1.74. The normalized spacial score (nSPS) is 16.3. The van der Waals surface area contributed by atoms with Crippen LogP contribution in [0.2, 0.25) is 5.02 Å². The van der Waals surface area contributed by atoms with E-state index in [0.29, 0.717) is 53.2 Å². The molecule has 0 saturated heterocycles. The maximum atomic E-state index is 13.1. The molecule has 1 aliphatic rings. The zero-order valence-corrected chi connectivity index (χ0v) is 17.8. The minimum atomic E-state index is -0.519. The lowest BCUT2D eigenvalue weighted by Gasteiger charge is -2.22. The van der Waals surface area contributed by atoms with Gasteiger partial charge < -0.3 is 15.0 Å². The van der Waals surface area contributed by atoms with E-state index in [1.807, 2.05) is 11.9 Å². The first-order valence-electron chi connectivity index (χ1n) is 9.67. The minimum absolute atomic E-state index is 0.197. The Morgan fingerprint density at radius 3 is 2.81 bits per heavy atom. The third kappa shape index (κ3) is 4.42. The predicted octanol–water partition coefficient (Wildman–Crippen LogP) is 1.78. The van der Waals surface area contributed by atoms with Crippen molar-refractivity contribution in [3.63, 3.8) is 0 Å². The molecule has 9 nitrogen and oxygen atoms in total. The standard InChI is InChI=1S/C21H21ClN6O3/c1-27-7-8-28-19(29)10-16(15-5-6-23-12-24-15)25-20(28)17(11-27)26-21(30)14-4-3-13(22)9-18(14)31-2/h3-6,9-10,12,17H,7-8,11H2,1-2H3,(H,26,30). The number of ether oxygens (including phenoxy) is 1. The van der Waals surface area contributed by atoms with Crippen LogP contribution in [0.5, 0.6) is 5.75 Å². The van der Waals surface area contributed by atoms with Crippen LogP contribution in [0, 0.1) is 0 Å². The molecule has 1 aliphatic heterocycles. The Kier molecular flexibility index (Phi) is 5.97. The molecule has 1 N–H and O–H groups in total. The largest absolute Gasteiger partial charge is 0.496 e. The first kappa shape index (κ1) is 21.0. The van der Waals surface area contributed by atoms with Crippen molar-refractivity contribution in [2.45, 2.75) is 12.6 Å². The van der Waals surface area contributed by atoms with Crippen LogP contribution in [-0.4, -0.2) is 57.6 Å². The van der Waals surface area contributed by atoms with Crippen molar-refractivity contribution >= 4 is 17.5 Å². The maximum Gasteiger partial charge on any atom is 0.255 e. The van der Waals surface area contributed by atoms with E-state index in [1.165, 1.54) is 19.5 Å². The van der Waals surface area contributed by atoms with Crippen molar-refractivity contribution in [3.8, 4) is 17.1 Å². The van der Waals surface area contributed by atoms with Crippen molar-refractivity contribution in [3.05, 3.63) is 69.6 Å². The van der Waals surface area contributed by atoms with Gasteiger partial charge in [-0.3, -0.25) is 14.2 Å². The summed E-state index contributed by atoms with van der Waals surface area (Å²) in [5.41, 5.74) is 1.13. The number of rotatable bonds is 4. The highest BCUT2D eigenvalue weighted by molar-refractivity contribution is 6.30. The number of fused-ring (bicyclic) bond motifs is 1. The third-order valence-corrected chi connectivity index (χ3v) is 5.34. The number of likely N-dealkylation sites (N-methyl/N-ethyl adjacent to an activating group) is 1. The number of carbonyl (C=O) groups is 1. The Bertz CT molecular complexity index is 1170. The van der Waals surface area contributed by atoms with Gasteiger partial charge in [-0.25, -0.2) is 15.0 Å². The second kappa shape index (κ2) is 8.83. The van der Waals surface area contributed by atoms with E-state index in [1.54, 1.807) is 35.0 Å². The number of aromatic nitrogens is 4. The molecule has 2 aromatic heterocycles. The van der Waals surface area contributed by atoms with Gasteiger partial charge in [0.05, 0.1) is 24.1 Å². The molecule has 4 rings (SSSR count).